The summed E-state index contributed by atoms with van der Waals surface area (Å²) in [6, 6.07) is 22.6. The number of carbonyl (C=O) groups excluding carboxylic acids is 1. The van der Waals surface area contributed by atoms with Gasteiger partial charge in [0.25, 0.3) is 0 Å². The average Bonchev–Trinajstić information content (AvgIpc) is 2.72. The summed E-state index contributed by atoms with van der Waals surface area (Å²) in [6.07, 6.45) is 3.37. The van der Waals surface area contributed by atoms with Crippen LogP contribution in [0.3, 0.4) is 0 Å². The van der Waals surface area contributed by atoms with Gasteiger partial charge in [-0.1, -0.05) is 36.4 Å². The fourth-order valence-corrected chi connectivity index (χ4v) is 4.02. The van der Waals surface area contributed by atoms with E-state index in [4.69, 9.17) is 10.5 Å². The molecule has 1 aliphatic rings. The van der Waals surface area contributed by atoms with Crippen molar-refractivity contribution in [2.45, 2.75) is 38.8 Å². The van der Waals surface area contributed by atoms with Crippen LogP contribution in [-0.4, -0.2) is 5.91 Å². The van der Waals surface area contributed by atoms with Gasteiger partial charge in [-0.3, -0.25) is 4.79 Å². The molecule has 1 amide bonds. The van der Waals surface area contributed by atoms with Crippen LogP contribution in [0.2, 0.25) is 0 Å². The number of primary amides is 1. The van der Waals surface area contributed by atoms with Crippen molar-refractivity contribution < 1.29 is 9.53 Å². The molecular weight excluding hydrogens is 360 g/mol. The molecule has 29 heavy (non-hydrogen) atoms. The predicted octanol–water partition coefficient (Wildman–Crippen LogP) is 5.05. The van der Waals surface area contributed by atoms with Gasteiger partial charge in [-0.15, -0.1) is 0 Å². The molecule has 0 aromatic heterocycles. The summed E-state index contributed by atoms with van der Waals surface area (Å²) in [5, 5.41) is 3.70. The lowest BCUT2D eigenvalue weighted by Gasteiger charge is -2.27. The van der Waals surface area contributed by atoms with Crippen molar-refractivity contribution in [3.63, 3.8) is 0 Å². The highest BCUT2D eigenvalue weighted by Crippen LogP contribution is 2.34. The zero-order valence-corrected chi connectivity index (χ0v) is 16.7. The summed E-state index contributed by atoms with van der Waals surface area (Å²) in [7, 11) is 0. The third kappa shape index (κ3) is 4.49. The molecule has 0 saturated carbocycles. The molecule has 0 saturated heterocycles. The Labute approximate surface area is 171 Å². The number of amides is 1. The topological polar surface area (TPSA) is 64.3 Å². The molecule has 3 aromatic rings. The van der Waals surface area contributed by atoms with Gasteiger partial charge >= 0.3 is 0 Å². The molecule has 1 unspecified atom stereocenters. The smallest absolute Gasteiger partial charge is 0.248 e. The van der Waals surface area contributed by atoms with E-state index in [1.54, 1.807) is 12.1 Å². The molecule has 0 radical (unpaired) electrons. The lowest BCUT2D eigenvalue weighted by Crippen LogP contribution is -2.24. The molecule has 0 bridgehead atoms. The standard InChI is InChI=1S/C25H26N2O2/c1-17-14-20(10-12-22(17)25(26)28)29-21-11-13-23-19(15-21)8-5-9-24(23)27-16-18-6-3-2-4-7-18/h2-4,6-7,10-15,24,27H,5,8-9,16H2,1H3,(H2,26,28). The van der Waals surface area contributed by atoms with Crippen molar-refractivity contribution in [1.82, 2.24) is 5.32 Å². The lowest BCUT2D eigenvalue weighted by atomic mass is 9.87. The van der Waals surface area contributed by atoms with Gasteiger partial charge in [0.05, 0.1) is 0 Å². The Kier molecular flexibility index (Phi) is 5.63. The minimum atomic E-state index is -0.420. The molecule has 0 heterocycles. The van der Waals surface area contributed by atoms with Crippen LogP contribution in [0.5, 0.6) is 11.5 Å². The average molecular weight is 386 g/mol. The maximum Gasteiger partial charge on any atom is 0.248 e. The molecule has 4 rings (SSSR count). The zero-order chi connectivity index (χ0) is 20.2. The van der Waals surface area contributed by atoms with Crippen LogP contribution in [0, 0.1) is 6.92 Å². The summed E-state index contributed by atoms with van der Waals surface area (Å²) in [5.74, 6) is 1.11. The molecule has 3 aromatic carbocycles. The second kappa shape index (κ2) is 8.50. The highest BCUT2D eigenvalue weighted by atomic mass is 16.5. The fourth-order valence-electron chi connectivity index (χ4n) is 4.02. The van der Waals surface area contributed by atoms with E-state index < -0.39 is 5.91 Å². The number of fused-ring (bicyclic) bond motifs is 1. The van der Waals surface area contributed by atoms with E-state index in [0.717, 1.165) is 37.1 Å². The van der Waals surface area contributed by atoms with Crippen LogP contribution in [-0.2, 0) is 13.0 Å². The van der Waals surface area contributed by atoms with Gasteiger partial charge in [-0.05, 0) is 78.8 Å². The molecule has 4 nitrogen and oxygen atoms in total. The fraction of sp³-hybridized carbons (Fsp3) is 0.240. The predicted molar refractivity (Wildman–Crippen MR) is 115 cm³/mol. The number of nitrogens with two attached hydrogens (primary N) is 1. The van der Waals surface area contributed by atoms with Gasteiger partial charge in [-0.25, -0.2) is 0 Å². The number of aryl methyl sites for hydroxylation is 2. The Morgan fingerprint density at radius 3 is 2.59 bits per heavy atom. The molecule has 0 spiro atoms. The van der Waals surface area contributed by atoms with Gasteiger partial charge in [0.15, 0.2) is 0 Å². The molecule has 1 aliphatic carbocycles. The first kappa shape index (κ1) is 19.2. The Bertz CT molecular complexity index is 1010. The molecule has 148 valence electrons. The summed E-state index contributed by atoms with van der Waals surface area (Å²) in [4.78, 5) is 11.4. The summed E-state index contributed by atoms with van der Waals surface area (Å²) < 4.78 is 6.05. The highest BCUT2D eigenvalue weighted by molar-refractivity contribution is 5.94. The molecule has 4 heteroatoms. The molecule has 0 fully saturated rings. The van der Waals surface area contributed by atoms with E-state index in [-0.39, 0.29) is 0 Å². The number of ether oxygens (including phenoxy) is 1. The van der Waals surface area contributed by atoms with Gasteiger partial charge in [0.2, 0.25) is 5.91 Å². The summed E-state index contributed by atoms with van der Waals surface area (Å²) in [5.41, 5.74) is 10.7. The largest absolute Gasteiger partial charge is 0.457 e. The first-order chi connectivity index (χ1) is 14.1. The third-order valence-corrected chi connectivity index (χ3v) is 5.52. The van der Waals surface area contributed by atoms with Gasteiger partial charge < -0.3 is 15.8 Å². The number of benzene rings is 3. The van der Waals surface area contributed by atoms with Crippen molar-refractivity contribution in [1.29, 1.82) is 0 Å². The number of carbonyl (C=O) groups is 1. The van der Waals surface area contributed by atoms with Crippen LogP contribution < -0.4 is 15.8 Å². The number of hydrogen-bond acceptors (Lipinski definition) is 3. The van der Waals surface area contributed by atoms with Gasteiger partial charge in [-0.2, -0.15) is 0 Å². The first-order valence-electron chi connectivity index (χ1n) is 10.1. The zero-order valence-electron chi connectivity index (χ0n) is 16.7. The number of hydrogen-bond donors (Lipinski definition) is 2. The van der Waals surface area contributed by atoms with Crippen LogP contribution in [0.15, 0.2) is 66.7 Å². The second-order valence-corrected chi connectivity index (χ2v) is 7.61. The van der Waals surface area contributed by atoms with Crippen molar-refractivity contribution >= 4 is 5.91 Å². The molecule has 0 aliphatic heterocycles. The Morgan fingerprint density at radius 1 is 1.07 bits per heavy atom. The van der Waals surface area contributed by atoms with Crippen LogP contribution in [0.4, 0.5) is 0 Å². The summed E-state index contributed by atoms with van der Waals surface area (Å²) >= 11 is 0. The molecule has 1 atom stereocenters. The molecule has 3 N–H and O–H groups in total. The maximum atomic E-state index is 11.4. The Hall–Kier alpha value is -3.11. The van der Waals surface area contributed by atoms with E-state index in [9.17, 15) is 4.79 Å². The second-order valence-electron chi connectivity index (χ2n) is 7.61. The van der Waals surface area contributed by atoms with Crippen molar-refractivity contribution in [2.75, 3.05) is 0 Å². The van der Waals surface area contributed by atoms with Crippen LogP contribution in [0.1, 0.15) is 51.5 Å². The lowest BCUT2D eigenvalue weighted by molar-refractivity contribution is 0.0999. The van der Waals surface area contributed by atoms with E-state index in [0.29, 0.717) is 17.4 Å². The van der Waals surface area contributed by atoms with E-state index in [2.05, 4.69) is 41.7 Å². The van der Waals surface area contributed by atoms with E-state index in [1.807, 2.05) is 25.1 Å². The van der Waals surface area contributed by atoms with Crippen LogP contribution in [0.25, 0.3) is 0 Å². The highest BCUT2D eigenvalue weighted by Gasteiger charge is 2.20. The third-order valence-electron chi connectivity index (χ3n) is 5.52. The maximum absolute atomic E-state index is 11.4. The number of rotatable bonds is 6. The normalized spacial score (nSPS) is 15.6. The quantitative estimate of drug-likeness (QED) is 0.623. The van der Waals surface area contributed by atoms with E-state index in [1.165, 1.54) is 16.7 Å². The molecular formula is C25H26N2O2. The van der Waals surface area contributed by atoms with Gasteiger partial charge in [0.1, 0.15) is 11.5 Å². The summed E-state index contributed by atoms with van der Waals surface area (Å²) in [6.45, 7) is 2.73. The first-order valence-corrected chi connectivity index (χ1v) is 10.1. The Morgan fingerprint density at radius 2 is 1.83 bits per heavy atom. The van der Waals surface area contributed by atoms with Gasteiger partial charge in [0, 0.05) is 18.2 Å². The van der Waals surface area contributed by atoms with Crippen molar-refractivity contribution in [2.24, 2.45) is 5.73 Å². The van der Waals surface area contributed by atoms with Crippen LogP contribution >= 0.6 is 0 Å². The minimum Gasteiger partial charge on any atom is -0.457 e. The van der Waals surface area contributed by atoms with Crippen molar-refractivity contribution in [3.05, 3.63) is 94.5 Å². The minimum absolute atomic E-state index is 0.366. The number of nitrogens with one attached hydrogen (secondary N) is 1. The van der Waals surface area contributed by atoms with Crippen molar-refractivity contribution in [3.8, 4) is 11.5 Å². The van der Waals surface area contributed by atoms with E-state index >= 15 is 0 Å². The Balaban J connectivity index is 1.48. The SMILES string of the molecule is Cc1cc(Oc2ccc3c(c2)CCCC3NCc2ccccc2)ccc1C(N)=O. The monoisotopic (exact) mass is 386 g/mol.